The lowest BCUT2D eigenvalue weighted by Crippen LogP contribution is -2.29. The average molecular weight is 1120 g/mol. The smallest absolute Gasteiger partial charge is 0.488 e. The van der Waals surface area contributed by atoms with Crippen molar-refractivity contribution in [3.63, 3.8) is 0 Å². The van der Waals surface area contributed by atoms with Gasteiger partial charge in [-0.05, 0) is 99.7 Å². The summed E-state index contributed by atoms with van der Waals surface area (Å²) in [6.45, 7) is 2.03. The van der Waals surface area contributed by atoms with E-state index in [0.29, 0.717) is 43.6 Å². The van der Waals surface area contributed by atoms with Crippen molar-refractivity contribution in [3.05, 3.63) is 201 Å². The molecule has 6 aromatic carbocycles. The molecule has 0 fully saturated rings. The number of hydrogen-bond acceptors (Lipinski definition) is 8. The zero-order valence-corrected chi connectivity index (χ0v) is 38.7. The summed E-state index contributed by atoms with van der Waals surface area (Å²) in [4.78, 5) is 24.3. The molecule has 2 N–H and O–H groups in total. The first-order valence-corrected chi connectivity index (χ1v) is 21.6. The van der Waals surface area contributed by atoms with E-state index in [9.17, 15) is 49.1 Å². The van der Waals surface area contributed by atoms with E-state index in [-0.39, 0.29) is 46.4 Å². The summed E-state index contributed by atoms with van der Waals surface area (Å²) in [6, 6.07) is 31.9. The Morgan fingerprint density at radius 1 is 0.580 bits per heavy atom. The van der Waals surface area contributed by atoms with Crippen LogP contribution in [0.5, 0.6) is 11.5 Å². The number of aryl methyl sites for hydroxylation is 1. The molecule has 8 aromatic rings. The van der Waals surface area contributed by atoms with Gasteiger partial charge in [-0.3, -0.25) is 9.59 Å². The first-order chi connectivity index (χ1) is 32.4. The van der Waals surface area contributed by atoms with Gasteiger partial charge in [-0.15, -0.1) is 0 Å². The average Bonchev–Trinajstić information content (AvgIpc) is 3.29. The van der Waals surface area contributed by atoms with Crippen LogP contribution in [-0.4, -0.2) is 17.2 Å². The topological polar surface area (TPSA) is 119 Å². The molecular weight excluding hydrogens is 1080 g/mol. The Bertz CT molecular complexity index is 3220. The number of rotatable bonds is 8. The highest BCUT2D eigenvalue weighted by atomic mass is 127. The van der Waals surface area contributed by atoms with Crippen molar-refractivity contribution in [1.29, 1.82) is 0 Å². The van der Waals surface area contributed by atoms with Crippen molar-refractivity contribution in [3.8, 4) is 22.6 Å². The van der Waals surface area contributed by atoms with Crippen LogP contribution in [0.1, 0.15) is 33.8 Å². The highest BCUT2D eigenvalue weighted by Gasteiger charge is 2.37. The minimum absolute atomic E-state index is 0.0394. The summed E-state index contributed by atoms with van der Waals surface area (Å²) in [7, 11) is -1.41. The summed E-state index contributed by atoms with van der Waals surface area (Å²) in [5, 5.41) is 17.4. The van der Waals surface area contributed by atoms with E-state index in [0.717, 1.165) is 17.2 Å². The number of hydrogen-bond donors (Lipinski definition) is 2. The first-order valence-electron chi connectivity index (χ1n) is 19.8. The number of benzene rings is 6. The molecule has 0 spiro atoms. The van der Waals surface area contributed by atoms with E-state index in [1.165, 1.54) is 24.3 Å². The maximum absolute atomic E-state index is 13.5. The molecule has 8 nitrogen and oxygen atoms in total. The van der Waals surface area contributed by atoms with Crippen LogP contribution in [0, 0.1) is 10.5 Å². The lowest BCUT2D eigenvalue weighted by molar-refractivity contribution is -0.153. The van der Waals surface area contributed by atoms with Gasteiger partial charge in [-0.2, -0.15) is 39.5 Å². The third-order valence-corrected chi connectivity index (χ3v) is 11.5. The molecule has 0 amide bonds. The third kappa shape index (κ3) is 13.2. The van der Waals surface area contributed by atoms with E-state index in [1.54, 1.807) is 54.6 Å². The van der Waals surface area contributed by atoms with E-state index >= 15 is 0 Å². The Kier molecular flexibility index (Phi) is 16.5. The Morgan fingerprint density at radius 3 is 1.55 bits per heavy atom. The Morgan fingerprint density at radius 2 is 1.06 bits per heavy atom. The van der Waals surface area contributed by atoms with Gasteiger partial charge < -0.3 is 28.4 Å². The maximum Gasteiger partial charge on any atom is 0.488 e. The molecule has 0 aliphatic rings. The lowest BCUT2D eigenvalue weighted by atomic mass is 9.80. The molecule has 0 radical (unpaired) electrons. The Hall–Kier alpha value is -6.00. The van der Waals surface area contributed by atoms with Gasteiger partial charge in [-0.25, -0.2) is 0 Å². The van der Waals surface area contributed by atoms with Gasteiger partial charge in [0.15, 0.2) is 16.4 Å². The van der Waals surface area contributed by atoms with Crippen LogP contribution < -0.4 is 25.8 Å². The van der Waals surface area contributed by atoms with Gasteiger partial charge in [-0.1, -0.05) is 102 Å². The van der Waals surface area contributed by atoms with E-state index in [1.807, 2.05) is 59.8 Å². The standard InChI is InChI=1S/C24H13ClF6O3.C17H10F3IO3.C7H8BClO2/c25-17-8-6-14(10-16(17)23(26,27)28)21-19(33-12-13-4-2-1-3-5-13)9-7-15-18(32)11-20(24(29,30)31)34-22(15)21;18-17(19,20)14-8-12(22)11-6-7-13(15(21)16(11)24-14)23-9-10-4-2-1-3-5-10;1-5-4-6(8(10)11)2-3-7(5)9/h1-11H,12H2;1-8H,9H2;2-4,10-11H,1H3. The Labute approximate surface area is 408 Å². The second-order valence-electron chi connectivity index (χ2n) is 14.6. The van der Waals surface area contributed by atoms with Crippen molar-refractivity contribution in [2.24, 2.45) is 0 Å². The van der Waals surface area contributed by atoms with Gasteiger partial charge in [0.05, 0.1) is 30.5 Å². The molecule has 0 saturated heterocycles. The van der Waals surface area contributed by atoms with Crippen LogP contribution in [-0.2, 0) is 31.7 Å². The predicted octanol–water partition coefficient (Wildman–Crippen LogP) is 13.1. The summed E-state index contributed by atoms with van der Waals surface area (Å²) >= 11 is 13.2. The first kappa shape index (κ1) is 52.4. The molecular formula is C48H31BCl2F9IO8. The van der Waals surface area contributed by atoms with Gasteiger partial charge in [0.1, 0.15) is 30.3 Å². The van der Waals surface area contributed by atoms with Gasteiger partial charge in [0.25, 0.3) is 0 Å². The van der Waals surface area contributed by atoms with Gasteiger partial charge in [0.2, 0.25) is 11.5 Å². The van der Waals surface area contributed by atoms with Gasteiger partial charge >= 0.3 is 25.6 Å². The minimum atomic E-state index is -5.00. The normalized spacial score (nSPS) is 11.6. The van der Waals surface area contributed by atoms with Crippen LogP contribution >= 0.6 is 45.8 Å². The fourth-order valence-corrected chi connectivity index (χ4v) is 7.43. The van der Waals surface area contributed by atoms with E-state index in [2.05, 4.69) is 0 Å². The van der Waals surface area contributed by atoms with Crippen LogP contribution in [0.4, 0.5) is 39.5 Å². The monoisotopic (exact) mass is 1110 g/mol. The van der Waals surface area contributed by atoms with Crippen LogP contribution in [0.15, 0.2) is 152 Å². The third-order valence-electron chi connectivity index (χ3n) is 9.73. The van der Waals surface area contributed by atoms with E-state index < -0.39 is 64.2 Å². The number of halogens is 12. The maximum atomic E-state index is 13.5. The molecule has 69 heavy (non-hydrogen) atoms. The van der Waals surface area contributed by atoms with Crippen LogP contribution in [0.2, 0.25) is 10.0 Å². The Balaban J connectivity index is 0.000000193. The van der Waals surface area contributed by atoms with Crippen molar-refractivity contribution in [1.82, 2.24) is 0 Å². The number of ether oxygens (including phenoxy) is 2. The fourth-order valence-electron chi connectivity index (χ4n) is 6.35. The molecule has 0 bridgehead atoms. The van der Waals surface area contributed by atoms with Gasteiger partial charge in [0, 0.05) is 17.2 Å². The molecule has 21 heteroatoms. The predicted molar refractivity (Wildman–Crippen MR) is 251 cm³/mol. The summed E-state index contributed by atoms with van der Waals surface area (Å²) in [5.41, 5.74) is -1.12. The van der Waals surface area contributed by atoms with Crippen molar-refractivity contribution in [2.75, 3.05) is 0 Å². The molecule has 0 aliphatic heterocycles. The fraction of sp³-hybridized carbons (Fsp3) is 0.125. The minimum Gasteiger partial charge on any atom is -0.488 e. The lowest BCUT2D eigenvalue weighted by Gasteiger charge is -2.17. The van der Waals surface area contributed by atoms with Crippen molar-refractivity contribution in [2.45, 2.75) is 38.7 Å². The summed E-state index contributed by atoms with van der Waals surface area (Å²) < 4.78 is 141. The molecule has 8 rings (SSSR count). The van der Waals surface area contributed by atoms with Crippen LogP contribution in [0.3, 0.4) is 0 Å². The molecule has 0 aliphatic carbocycles. The molecule has 2 aromatic heterocycles. The second kappa shape index (κ2) is 21.7. The van der Waals surface area contributed by atoms with Crippen molar-refractivity contribution >= 4 is 80.3 Å². The zero-order chi connectivity index (χ0) is 50.4. The molecule has 0 unspecified atom stereocenters. The summed E-state index contributed by atoms with van der Waals surface area (Å²) in [6.07, 6.45) is -14.6. The van der Waals surface area contributed by atoms with Crippen LogP contribution in [0.25, 0.3) is 33.1 Å². The summed E-state index contributed by atoms with van der Waals surface area (Å²) in [5.74, 6) is -2.63. The van der Waals surface area contributed by atoms with E-state index in [4.69, 9.17) is 51.6 Å². The number of alkyl halides is 9. The molecule has 0 atom stereocenters. The quantitative estimate of drug-likeness (QED) is 0.0877. The highest BCUT2D eigenvalue weighted by molar-refractivity contribution is 14.1. The SMILES string of the molecule is Cc1cc(B(O)O)ccc1Cl.O=c1cc(C(F)(F)F)oc2c(-c3ccc(Cl)c(C(F)(F)F)c3)c(OCc3ccccc3)ccc12.O=c1cc(C(F)(F)F)oc2c(I)c(OCc3ccccc3)ccc12. The zero-order valence-electron chi connectivity index (χ0n) is 35.1. The largest absolute Gasteiger partial charge is 0.488 e. The molecule has 2 heterocycles. The molecule has 358 valence electrons. The second-order valence-corrected chi connectivity index (χ2v) is 16.5. The highest BCUT2D eigenvalue weighted by Crippen LogP contribution is 2.43. The van der Waals surface area contributed by atoms with Crippen molar-refractivity contribution < 1.29 is 67.9 Å². The molecule has 0 saturated carbocycles. The number of fused-ring (bicyclic) bond motifs is 2.